The molecule has 0 saturated heterocycles. The van der Waals surface area contributed by atoms with Crippen molar-refractivity contribution in [1.29, 1.82) is 0 Å². The molecule has 3 heteroatoms. The smallest absolute Gasteiger partial charge is 0.241 e. The first-order chi connectivity index (χ1) is 9.16. The van der Waals surface area contributed by atoms with E-state index in [9.17, 15) is 4.79 Å². The van der Waals surface area contributed by atoms with Gasteiger partial charge in [0, 0.05) is 6.54 Å². The van der Waals surface area contributed by atoms with Crippen LogP contribution in [0.2, 0.25) is 0 Å². The minimum absolute atomic E-state index is 0.0653. The number of amides is 1. The molecule has 3 N–H and O–H groups in total. The summed E-state index contributed by atoms with van der Waals surface area (Å²) in [6.45, 7) is 3.06. The average molecular weight is 260 g/mol. The number of rotatable bonds is 4. The number of carbonyl (C=O) groups is 1. The summed E-state index contributed by atoms with van der Waals surface area (Å²) in [6, 6.07) is 8.98. The molecule has 19 heavy (non-hydrogen) atoms. The Morgan fingerprint density at radius 1 is 1.37 bits per heavy atom. The summed E-state index contributed by atoms with van der Waals surface area (Å²) < 4.78 is 0. The molecular weight excluding hydrogens is 236 g/mol. The summed E-state index contributed by atoms with van der Waals surface area (Å²) in [4.78, 5) is 12.0. The third-order valence-electron chi connectivity index (χ3n) is 4.05. The fourth-order valence-corrected chi connectivity index (χ4v) is 2.91. The van der Waals surface area contributed by atoms with E-state index < -0.39 is 6.04 Å². The molecule has 0 radical (unpaired) electrons. The molecule has 0 spiro atoms. The molecule has 1 aliphatic rings. The minimum atomic E-state index is -0.554. The molecule has 1 aliphatic carbocycles. The lowest BCUT2D eigenvalue weighted by Gasteiger charge is -2.27. The van der Waals surface area contributed by atoms with Crippen LogP contribution in [0.3, 0.4) is 0 Å². The van der Waals surface area contributed by atoms with Crippen molar-refractivity contribution in [2.75, 3.05) is 6.54 Å². The number of benzene rings is 1. The van der Waals surface area contributed by atoms with Gasteiger partial charge in [0.1, 0.15) is 6.04 Å². The Kier molecular flexibility index (Phi) is 4.97. The van der Waals surface area contributed by atoms with Gasteiger partial charge in [-0.05, 0) is 30.2 Å². The highest BCUT2D eigenvalue weighted by Gasteiger charge is 2.21. The van der Waals surface area contributed by atoms with Crippen LogP contribution in [0.1, 0.15) is 44.2 Å². The van der Waals surface area contributed by atoms with E-state index in [-0.39, 0.29) is 5.91 Å². The molecule has 3 nitrogen and oxygen atoms in total. The standard InChI is InChI=1S/C16H24N2O/c1-12-6-5-7-13(10-12)11-18-16(19)15(17)14-8-3-2-4-9-14/h2-4,8-9,12-13,15H,5-7,10-11,17H2,1H3,(H,18,19). The molecule has 1 saturated carbocycles. The van der Waals surface area contributed by atoms with Crippen molar-refractivity contribution in [2.45, 2.75) is 38.6 Å². The summed E-state index contributed by atoms with van der Waals surface area (Å²) in [5, 5.41) is 3.01. The zero-order chi connectivity index (χ0) is 13.7. The van der Waals surface area contributed by atoms with Gasteiger partial charge in [0.2, 0.25) is 5.91 Å². The summed E-state index contributed by atoms with van der Waals surface area (Å²) in [5.41, 5.74) is 6.84. The fourth-order valence-electron chi connectivity index (χ4n) is 2.91. The number of hydrogen-bond donors (Lipinski definition) is 2. The maximum atomic E-state index is 12.0. The van der Waals surface area contributed by atoms with Crippen molar-refractivity contribution in [2.24, 2.45) is 17.6 Å². The largest absolute Gasteiger partial charge is 0.354 e. The Hall–Kier alpha value is -1.35. The predicted molar refractivity (Wildman–Crippen MR) is 77.5 cm³/mol. The van der Waals surface area contributed by atoms with E-state index in [1.807, 2.05) is 30.3 Å². The predicted octanol–water partition coefficient (Wildman–Crippen LogP) is 2.63. The first-order valence-electron chi connectivity index (χ1n) is 7.25. The molecule has 1 fully saturated rings. The molecule has 2 rings (SSSR count). The van der Waals surface area contributed by atoms with Gasteiger partial charge < -0.3 is 11.1 Å². The fraction of sp³-hybridized carbons (Fsp3) is 0.562. The van der Waals surface area contributed by atoms with Crippen molar-refractivity contribution in [1.82, 2.24) is 5.32 Å². The van der Waals surface area contributed by atoms with E-state index in [2.05, 4.69) is 12.2 Å². The van der Waals surface area contributed by atoms with E-state index >= 15 is 0 Å². The van der Waals surface area contributed by atoms with Crippen LogP contribution in [-0.2, 0) is 4.79 Å². The van der Waals surface area contributed by atoms with E-state index in [1.165, 1.54) is 25.7 Å². The lowest BCUT2D eigenvalue weighted by Crippen LogP contribution is -2.37. The number of carbonyl (C=O) groups excluding carboxylic acids is 1. The van der Waals surface area contributed by atoms with Gasteiger partial charge in [-0.3, -0.25) is 4.79 Å². The van der Waals surface area contributed by atoms with Crippen molar-refractivity contribution in [3.8, 4) is 0 Å². The normalized spacial score (nSPS) is 24.7. The third-order valence-corrected chi connectivity index (χ3v) is 4.05. The van der Waals surface area contributed by atoms with Gasteiger partial charge in [-0.15, -0.1) is 0 Å². The first kappa shape index (κ1) is 14.1. The van der Waals surface area contributed by atoms with Crippen LogP contribution in [0.25, 0.3) is 0 Å². The van der Waals surface area contributed by atoms with Gasteiger partial charge in [0.15, 0.2) is 0 Å². The van der Waals surface area contributed by atoms with Crippen LogP contribution in [0, 0.1) is 11.8 Å². The van der Waals surface area contributed by atoms with E-state index in [4.69, 9.17) is 5.73 Å². The summed E-state index contributed by atoms with van der Waals surface area (Å²) in [5.74, 6) is 1.35. The zero-order valence-corrected chi connectivity index (χ0v) is 11.6. The Morgan fingerprint density at radius 2 is 2.11 bits per heavy atom. The molecule has 1 aromatic carbocycles. The van der Waals surface area contributed by atoms with E-state index in [0.29, 0.717) is 5.92 Å². The third kappa shape index (κ3) is 4.06. The topological polar surface area (TPSA) is 55.1 Å². The average Bonchev–Trinajstić information content (AvgIpc) is 2.45. The Bertz CT molecular complexity index is 404. The summed E-state index contributed by atoms with van der Waals surface area (Å²) in [6.07, 6.45) is 5.06. The van der Waals surface area contributed by atoms with Crippen LogP contribution in [0.15, 0.2) is 30.3 Å². The second kappa shape index (κ2) is 6.71. The Labute approximate surface area is 115 Å². The molecule has 0 aliphatic heterocycles. The van der Waals surface area contributed by atoms with Gasteiger partial charge in [-0.25, -0.2) is 0 Å². The Balaban J connectivity index is 1.81. The highest BCUT2D eigenvalue weighted by Crippen LogP contribution is 2.28. The molecule has 1 amide bonds. The molecule has 104 valence electrons. The minimum Gasteiger partial charge on any atom is -0.354 e. The molecule has 0 bridgehead atoms. The maximum Gasteiger partial charge on any atom is 0.241 e. The maximum absolute atomic E-state index is 12.0. The van der Waals surface area contributed by atoms with Gasteiger partial charge in [0.05, 0.1) is 0 Å². The molecule has 3 unspecified atom stereocenters. The van der Waals surface area contributed by atoms with Gasteiger partial charge in [-0.2, -0.15) is 0 Å². The quantitative estimate of drug-likeness (QED) is 0.874. The summed E-state index contributed by atoms with van der Waals surface area (Å²) >= 11 is 0. The number of nitrogens with one attached hydrogen (secondary N) is 1. The zero-order valence-electron chi connectivity index (χ0n) is 11.6. The monoisotopic (exact) mass is 260 g/mol. The highest BCUT2D eigenvalue weighted by atomic mass is 16.2. The second-order valence-corrected chi connectivity index (χ2v) is 5.77. The van der Waals surface area contributed by atoms with Gasteiger partial charge in [-0.1, -0.05) is 50.1 Å². The van der Waals surface area contributed by atoms with Crippen molar-refractivity contribution in [3.63, 3.8) is 0 Å². The second-order valence-electron chi connectivity index (χ2n) is 5.77. The summed E-state index contributed by atoms with van der Waals surface area (Å²) in [7, 11) is 0. The van der Waals surface area contributed by atoms with Gasteiger partial charge in [0.25, 0.3) is 0 Å². The molecule has 0 aromatic heterocycles. The van der Waals surface area contributed by atoms with Crippen LogP contribution in [0.5, 0.6) is 0 Å². The van der Waals surface area contributed by atoms with Crippen LogP contribution < -0.4 is 11.1 Å². The highest BCUT2D eigenvalue weighted by molar-refractivity contribution is 5.82. The SMILES string of the molecule is CC1CCCC(CNC(=O)C(N)c2ccccc2)C1. The van der Waals surface area contributed by atoms with E-state index in [0.717, 1.165) is 18.0 Å². The van der Waals surface area contributed by atoms with Crippen molar-refractivity contribution < 1.29 is 4.79 Å². The van der Waals surface area contributed by atoms with Crippen LogP contribution >= 0.6 is 0 Å². The Morgan fingerprint density at radius 3 is 2.79 bits per heavy atom. The molecular formula is C16H24N2O. The lowest BCUT2D eigenvalue weighted by atomic mass is 9.82. The molecule has 3 atom stereocenters. The first-order valence-corrected chi connectivity index (χ1v) is 7.25. The van der Waals surface area contributed by atoms with Crippen LogP contribution in [0.4, 0.5) is 0 Å². The number of hydrogen-bond acceptors (Lipinski definition) is 2. The van der Waals surface area contributed by atoms with Gasteiger partial charge >= 0.3 is 0 Å². The molecule has 0 heterocycles. The van der Waals surface area contributed by atoms with Crippen LogP contribution in [-0.4, -0.2) is 12.5 Å². The van der Waals surface area contributed by atoms with Crippen molar-refractivity contribution >= 4 is 5.91 Å². The van der Waals surface area contributed by atoms with E-state index in [1.54, 1.807) is 0 Å². The number of nitrogens with two attached hydrogens (primary N) is 1. The molecule has 1 aromatic rings. The van der Waals surface area contributed by atoms with Crippen molar-refractivity contribution in [3.05, 3.63) is 35.9 Å². The lowest BCUT2D eigenvalue weighted by molar-refractivity contribution is -0.122.